The number of nitrogens with zero attached hydrogens (tertiary/aromatic N) is 2. The van der Waals surface area contributed by atoms with Crippen LogP contribution in [0, 0.1) is 17.8 Å². The maximum absolute atomic E-state index is 12.6. The largest absolute Gasteiger partial charge is 0.361 e. The van der Waals surface area contributed by atoms with E-state index < -0.39 is 0 Å². The van der Waals surface area contributed by atoms with Crippen molar-refractivity contribution in [1.29, 1.82) is 0 Å². The molecule has 0 radical (unpaired) electrons. The van der Waals surface area contributed by atoms with E-state index in [4.69, 9.17) is 4.52 Å². The highest BCUT2D eigenvalue weighted by molar-refractivity contribution is 5.92. The molecule has 0 aromatic carbocycles. The standard InChI is InChI=1S/C15H22N2O2/c1-10-5-12(16-19-10)13(18)17-9-15(4)7-11(17)6-14(2,3)8-15/h5,11H,6-9H2,1-4H3. The summed E-state index contributed by atoms with van der Waals surface area (Å²) in [5.41, 5.74) is 1.04. The molecular formula is C15H22N2O2. The molecular weight excluding hydrogens is 240 g/mol. The van der Waals surface area contributed by atoms with E-state index in [1.54, 1.807) is 6.07 Å². The van der Waals surface area contributed by atoms with Gasteiger partial charge in [0, 0.05) is 18.7 Å². The Morgan fingerprint density at radius 3 is 2.79 bits per heavy atom. The molecule has 1 aliphatic heterocycles. The van der Waals surface area contributed by atoms with Crippen molar-refractivity contribution in [2.24, 2.45) is 10.8 Å². The predicted octanol–water partition coefficient (Wildman–Crippen LogP) is 3.02. The molecule has 4 heteroatoms. The Morgan fingerprint density at radius 2 is 2.16 bits per heavy atom. The molecule has 1 amide bonds. The molecule has 1 aliphatic carbocycles. The zero-order valence-electron chi connectivity index (χ0n) is 12.2. The minimum absolute atomic E-state index is 0.0308. The molecule has 2 atom stereocenters. The lowest BCUT2D eigenvalue weighted by Gasteiger charge is -2.39. The van der Waals surface area contributed by atoms with Gasteiger partial charge in [-0.05, 0) is 37.0 Å². The SMILES string of the molecule is Cc1cc(C(=O)N2CC3(C)CC2CC(C)(C)C3)no1. The summed E-state index contributed by atoms with van der Waals surface area (Å²) in [4.78, 5) is 14.6. The van der Waals surface area contributed by atoms with E-state index in [9.17, 15) is 4.79 Å². The predicted molar refractivity (Wildman–Crippen MR) is 71.8 cm³/mol. The van der Waals surface area contributed by atoms with E-state index in [2.05, 4.69) is 25.9 Å². The number of rotatable bonds is 1. The number of hydrogen-bond acceptors (Lipinski definition) is 3. The zero-order valence-corrected chi connectivity index (χ0v) is 12.2. The van der Waals surface area contributed by atoms with E-state index in [0.29, 0.717) is 22.9 Å². The van der Waals surface area contributed by atoms with Crippen LogP contribution in [0.4, 0.5) is 0 Å². The lowest BCUT2D eigenvalue weighted by molar-refractivity contribution is 0.0698. The molecule has 3 rings (SSSR count). The summed E-state index contributed by atoms with van der Waals surface area (Å²) in [6, 6.07) is 2.09. The van der Waals surface area contributed by atoms with Gasteiger partial charge in [-0.25, -0.2) is 0 Å². The van der Waals surface area contributed by atoms with Crippen LogP contribution in [0.1, 0.15) is 56.3 Å². The van der Waals surface area contributed by atoms with Crippen molar-refractivity contribution < 1.29 is 9.32 Å². The third kappa shape index (κ3) is 2.17. The van der Waals surface area contributed by atoms with E-state index in [0.717, 1.165) is 19.4 Å². The fraction of sp³-hybridized carbons (Fsp3) is 0.733. The zero-order chi connectivity index (χ0) is 13.8. The highest BCUT2D eigenvalue weighted by Gasteiger charge is 2.51. The van der Waals surface area contributed by atoms with E-state index in [1.165, 1.54) is 6.42 Å². The average molecular weight is 262 g/mol. The van der Waals surface area contributed by atoms with Crippen molar-refractivity contribution in [3.63, 3.8) is 0 Å². The molecule has 2 bridgehead atoms. The summed E-state index contributed by atoms with van der Waals surface area (Å²) in [6.45, 7) is 9.60. The van der Waals surface area contributed by atoms with Gasteiger partial charge in [-0.1, -0.05) is 25.9 Å². The van der Waals surface area contributed by atoms with Gasteiger partial charge >= 0.3 is 0 Å². The highest BCUT2D eigenvalue weighted by atomic mass is 16.5. The molecule has 1 saturated carbocycles. The normalized spacial score (nSPS) is 32.6. The Balaban J connectivity index is 1.86. The smallest absolute Gasteiger partial charge is 0.276 e. The first kappa shape index (κ1) is 12.7. The van der Waals surface area contributed by atoms with Gasteiger partial charge in [-0.3, -0.25) is 4.79 Å². The number of hydrogen-bond donors (Lipinski definition) is 0. The van der Waals surface area contributed by atoms with E-state index >= 15 is 0 Å². The van der Waals surface area contributed by atoms with Crippen LogP contribution in [0.25, 0.3) is 0 Å². The summed E-state index contributed by atoms with van der Waals surface area (Å²) in [5.74, 6) is 0.723. The van der Waals surface area contributed by atoms with Crippen LogP contribution in [0.5, 0.6) is 0 Å². The fourth-order valence-corrected chi connectivity index (χ4v) is 4.31. The Bertz CT molecular complexity index is 520. The van der Waals surface area contributed by atoms with Crippen LogP contribution >= 0.6 is 0 Å². The first-order chi connectivity index (χ1) is 8.78. The van der Waals surface area contributed by atoms with Crippen LogP contribution in [0.15, 0.2) is 10.6 Å². The molecule has 0 N–H and O–H groups in total. The number of fused-ring (bicyclic) bond motifs is 2. The quantitative estimate of drug-likeness (QED) is 0.781. The number of carbonyl (C=O) groups is 1. The summed E-state index contributed by atoms with van der Waals surface area (Å²) >= 11 is 0. The van der Waals surface area contributed by atoms with Gasteiger partial charge in [0.25, 0.3) is 5.91 Å². The fourth-order valence-electron chi connectivity index (χ4n) is 4.31. The number of aryl methyl sites for hydroxylation is 1. The third-order valence-corrected chi connectivity index (χ3v) is 4.52. The van der Waals surface area contributed by atoms with Gasteiger partial charge < -0.3 is 9.42 Å². The summed E-state index contributed by atoms with van der Waals surface area (Å²) < 4.78 is 5.03. The van der Waals surface area contributed by atoms with Crippen molar-refractivity contribution in [2.45, 2.75) is 53.0 Å². The molecule has 4 nitrogen and oxygen atoms in total. The molecule has 2 aliphatic rings. The molecule has 2 heterocycles. The Kier molecular flexibility index (Phi) is 2.57. The second-order valence-electron chi connectivity index (χ2n) is 7.47. The highest BCUT2D eigenvalue weighted by Crippen LogP contribution is 2.52. The van der Waals surface area contributed by atoms with Crippen molar-refractivity contribution >= 4 is 5.91 Å². The molecule has 2 unspecified atom stereocenters. The molecule has 1 saturated heterocycles. The van der Waals surface area contributed by atoms with Crippen molar-refractivity contribution in [1.82, 2.24) is 10.1 Å². The van der Waals surface area contributed by atoms with Crippen LogP contribution in [0.3, 0.4) is 0 Å². The lowest BCUT2D eigenvalue weighted by Crippen LogP contribution is -2.37. The van der Waals surface area contributed by atoms with Gasteiger partial charge in [0.15, 0.2) is 5.69 Å². The molecule has 104 valence electrons. The Morgan fingerprint density at radius 1 is 1.42 bits per heavy atom. The van der Waals surface area contributed by atoms with Crippen LogP contribution in [-0.4, -0.2) is 28.6 Å². The maximum atomic E-state index is 12.6. The second-order valence-corrected chi connectivity index (χ2v) is 7.47. The minimum Gasteiger partial charge on any atom is -0.361 e. The number of amides is 1. The van der Waals surface area contributed by atoms with Crippen molar-refractivity contribution in [2.75, 3.05) is 6.54 Å². The number of likely N-dealkylation sites (tertiary alicyclic amines) is 1. The molecule has 2 fully saturated rings. The molecule has 1 aromatic rings. The first-order valence-electron chi connectivity index (χ1n) is 7.02. The lowest BCUT2D eigenvalue weighted by atomic mass is 9.65. The first-order valence-corrected chi connectivity index (χ1v) is 7.02. The van der Waals surface area contributed by atoms with Crippen molar-refractivity contribution in [3.8, 4) is 0 Å². The topological polar surface area (TPSA) is 46.3 Å². The van der Waals surface area contributed by atoms with Crippen molar-refractivity contribution in [3.05, 3.63) is 17.5 Å². The van der Waals surface area contributed by atoms with Gasteiger partial charge in [-0.2, -0.15) is 0 Å². The molecule has 19 heavy (non-hydrogen) atoms. The average Bonchev–Trinajstić information content (AvgIpc) is 2.78. The summed E-state index contributed by atoms with van der Waals surface area (Å²) in [5, 5.41) is 3.87. The van der Waals surface area contributed by atoms with Gasteiger partial charge in [0.2, 0.25) is 0 Å². The number of carbonyl (C=O) groups excluding carboxylic acids is 1. The second kappa shape index (κ2) is 3.84. The maximum Gasteiger partial charge on any atom is 0.276 e. The van der Waals surface area contributed by atoms with Gasteiger partial charge in [-0.15, -0.1) is 0 Å². The van der Waals surface area contributed by atoms with Crippen LogP contribution in [-0.2, 0) is 0 Å². The van der Waals surface area contributed by atoms with Crippen LogP contribution < -0.4 is 0 Å². The van der Waals surface area contributed by atoms with E-state index in [1.807, 2.05) is 11.8 Å². The third-order valence-electron chi connectivity index (χ3n) is 4.52. The number of aromatic nitrogens is 1. The molecule has 0 spiro atoms. The Hall–Kier alpha value is -1.32. The van der Waals surface area contributed by atoms with Gasteiger partial charge in [0.05, 0.1) is 0 Å². The summed E-state index contributed by atoms with van der Waals surface area (Å²) in [6.07, 6.45) is 3.41. The monoisotopic (exact) mass is 262 g/mol. The summed E-state index contributed by atoms with van der Waals surface area (Å²) in [7, 11) is 0. The minimum atomic E-state index is 0.0308. The molecule has 1 aromatic heterocycles. The van der Waals surface area contributed by atoms with E-state index in [-0.39, 0.29) is 11.3 Å². The van der Waals surface area contributed by atoms with Crippen LogP contribution in [0.2, 0.25) is 0 Å². The Labute approximate surface area is 114 Å². The van der Waals surface area contributed by atoms with Gasteiger partial charge in [0.1, 0.15) is 5.76 Å².